The van der Waals surface area contributed by atoms with Gasteiger partial charge in [-0.3, -0.25) is 5.41 Å². The zero-order valence-electron chi connectivity index (χ0n) is 14.8. The molecule has 0 saturated carbocycles. The predicted octanol–water partition coefficient (Wildman–Crippen LogP) is 5.32. The normalized spacial score (nSPS) is 13.6. The SMILES string of the molecule is C[C@@H](C[C@H](OC(=N)N)C(F)F)c1cc(-c2nc3ccc(Cl)cc3o2)ccc1F. The van der Waals surface area contributed by atoms with Crippen molar-refractivity contribution in [1.29, 1.82) is 5.41 Å². The highest BCUT2D eigenvalue weighted by atomic mass is 35.5. The summed E-state index contributed by atoms with van der Waals surface area (Å²) in [5.41, 5.74) is 6.82. The van der Waals surface area contributed by atoms with Crippen LogP contribution in [0.4, 0.5) is 13.2 Å². The van der Waals surface area contributed by atoms with Gasteiger partial charge in [-0.15, -0.1) is 0 Å². The number of ether oxygens (including phenoxy) is 1. The number of hydrogen-bond acceptors (Lipinski definition) is 4. The van der Waals surface area contributed by atoms with Crippen molar-refractivity contribution in [3.63, 3.8) is 0 Å². The smallest absolute Gasteiger partial charge is 0.279 e. The third-order valence-corrected chi connectivity index (χ3v) is 4.50. The second-order valence-corrected chi connectivity index (χ2v) is 6.80. The Morgan fingerprint density at radius 1 is 1.29 bits per heavy atom. The number of fused-ring (bicyclic) bond motifs is 1. The highest BCUT2D eigenvalue weighted by Gasteiger charge is 2.27. The first-order valence-electron chi connectivity index (χ1n) is 8.39. The van der Waals surface area contributed by atoms with E-state index >= 15 is 0 Å². The number of benzene rings is 2. The van der Waals surface area contributed by atoms with Gasteiger partial charge >= 0.3 is 0 Å². The quantitative estimate of drug-likeness (QED) is 0.424. The number of nitrogens with two attached hydrogens (primary N) is 1. The molecule has 0 fully saturated rings. The van der Waals surface area contributed by atoms with Gasteiger partial charge in [0.25, 0.3) is 12.4 Å². The van der Waals surface area contributed by atoms with Gasteiger partial charge in [0.05, 0.1) is 0 Å². The van der Waals surface area contributed by atoms with Crippen molar-refractivity contribution in [3.05, 3.63) is 52.8 Å². The first kappa shape index (κ1) is 20.0. The fraction of sp³-hybridized carbons (Fsp3) is 0.263. The molecule has 3 N–H and O–H groups in total. The van der Waals surface area contributed by atoms with Gasteiger partial charge in [0.2, 0.25) is 5.89 Å². The Kier molecular flexibility index (Phi) is 5.79. The average Bonchev–Trinajstić information content (AvgIpc) is 3.04. The highest BCUT2D eigenvalue weighted by molar-refractivity contribution is 6.31. The number of nitrogens with zero attached hydrogens (tertiary/aromatic N) is 1. The van der Waals surface area contributed by atoms with Crippen LogP contribution in [0.3, 0.4) is 0 Å². The summed E-state index contributed by atoms with van der Waals surface area (Å²) < 4.78 is 50.9. The molecule has 2 atom stereocenters. The lowest BCUT2D eigenvalue weighted by Gasteiger charge is -2.21. The van der Waals surface area contributed by atoms with E-state index in [4.69, 9.17) is 27.2 Å². The van der Waals surface area contributed by atoms with Crippen LogP contribution in [0.2, 0.25) is 5.02 Å². The third-order valence-electron chi connectivity index (χ3n) is 4.27. The summed E-state index contributed by atoms with van der Waals surface area (Å²) in [5, 5.41) is 7.53. The molecule has 0 aliphatic carbocycles. The highest BCUT2D eigenvalue weighted by Crippen LogP contribution is 2.32. The zero-order chi connectivity index (χ0) is 20.4. The summed E-state index contributed by atoms with van der Waals surface area (Å²) in [6.07, 6.45) is -4.69. The Balaban J connectivity index is 1.90. The van der Waals surface area contributed by atoms with Crippen LogP contribution < -0.4 is 5.73 Å². The molecule has 1 heterocycles. The van der Waals surface area contributed by atoms with Gasteiger partial charge in [-0.25, -0.2) is 18.2 Å². The van der Waals surface area contributed by atoms with Gasteiger partial charge in [-0.05, 0) is 48.2 Å². The second kappa shape index (κ2) is 8.10. The Labute approximate surface area is 163 Å². The lowest BCUT2D eigenvalue weighted by Crippen LogP contribution is -2.30. The number of alkyl halides is 2. The second-order valence-electron chi connectivity index (χ2n) is 6.36. The van der Waals surface area contributed by atoms with E-state index in [-0.39, 0.29) is 17.9 Å². The standard InChI is InChI=1S/C19H17ClF3N3O2/c1-9(6-16(17(22)23)28-19(24)25)12-7-10(2-4-13(12)21)18-26-14-5-3-11(20)8-15(14)27-18/h2-5,7-9,16-17H,6H2,1H3,(H3,24,25)/t9-,16-/m0/s1. The van der Waals surface area contributed by atoms with E-state index in [0.717, 1.165) is 0 Å². The summed E-state index contributed by atoms with van der Waals surface area (Å²) >= 11 is 5.94. The van der Waals surface area contributed by atoms with Gasteiger partial charge in [-0.2, -0.15) is 0 Å². The minimum absolute atomic E-state index is 0.204. The molecule has 0 amide bonds. The van der Waals surface area contributed by atoms with Crippen molar-refractivity contribution in [2.75, 3.05) is 0 Å². The van der Waals surface area contributed by atoms with Crippen LogP contribution in [0.25, 0.3) is 22.6 Å². The molecule has 2 aromatic carbocycles. The molecular formula is C19H17ClF3N3O2. The van der Waals surface area contributed by atoms with Gasteiger partial charge in [-0.1, -0.05) is 18.5 Å². The Bertz CT molecular complexity index is 1010. The van der Waals surface area contributed by atoms with Crippen LogP contribution in [0.1, 0.15) is 24.8 Å². The molecule has 0 spiro atoms. The molecule has 0 unspecified atom stereocenters. The number of nitrogens with one attached hydrogen (secondary N) is 1. The lowest BCUT2D eigenvalue weighted by atomic mass is 9.93. The van der Waals surface area contributed by atoms with Crippen molar-refractivity contribution in [2.24, 2.45) is 5.73 Å². The van der Waals surface area contributed by atoms with Crippen LogP contribution in [0, 0.1) is 11.2 Å². The topological polar surface area (TPSA) is 85.1 Å². The number of amidine groups is 1. The monoisotopic (exact) mass is 411 g/mol. The molecule has 5 nitrogen and oxygen atoms in total. The molecule has 148 valence electrons. The minimum Gasteiger partial charge on any atom is -0.456 e. The molecule has 28 heavy (non-hydrogen) atoms. The molecule has 0 radical (unpaired) electrons. The zero-order valence-corrected chi connectivity index (χ0v) is 15.5. The van der Waals surface area contributed by atoms with E-state index in [1.165, 1.54) is 18.2 Å². The van der Waals surface area contributed by atoms with Crippen molar-refractivity contribution < 1.29 is 22.3 Å². The Morgan fingerprint density at radius 2 is 2.04 bits per heavy atom. The fourth-order valence-electron chi connectivity index (χ4n) is 2.92. The van der Waals surface area contributed by atoms with E-state index in [0.29, 0.717) is 21.7 Å². The largest absolute Gasteiger partial charge is 0.456 e. The number of aromatic nitrogens is 1. The molecular weight excluding hydrogens is 395 g/mol. The number of halogens is 4. The van der Waals surface area contributed by atoms with E-state index in [2.05, 4.69) is 9.72 Å². The van der Waals surface area contributed by atoms with Crippen molar-refractivity contribution in [2.45, 2.75) is 31.8 Å². The molecule has 0 saturated heterocycles. The number of hydrogen-bond donors (Lipinski definition) is 2. The maximum absolute atomic E-state index is 14.3. The summed E-state index contributed by atoms with van der Waals surface area (Å²) in [4.78, 5) is 4.35. The van der Waals surface area contributed by atoms with Crippen LogP contribution in [0.15, 0.2) is 40.8 Å². The molecule has 0 bridgehead atoms. The number of oxazole rings is 1. The first-order valence-corrected chi connectivity index (χ1v) is 8.77. The average molecular weight is 412 g/mol. The third kappa shape index (κ3) is 4.39. The number of rotatable bonds is 6. The molecule has 9 heteroatoms. The van der Waals surface area contributed by atoms with Crippen LogP contribution in [-0.2, 0) is 4.74 Å². The molecule has 3 aromatic rings. The van der Waals surface area contributed by atoms with Gasteiger partial charge < -0.3 is 14.9 Å². The van der Waals surface area contributed by atoms with Gasteiger partial charge in [0.15, 0.2) is 11.7 Å². The Hall–Kier alpha value is -2.74. The van der Waals surface area contributed by atoms with Crippen molar-refractivity contribution >= 4 is 28.7 Å². The summed E-state index contributed by atoms with van der Waals surface area (Å²) in [6.45, 7) is 1.59. The summed E-state index contributed by atoms with van der Waals surface area (Å²) in [7, 11) is 0. The first-order chi connectivity index (χ1) is 13.2. The van der Waals surface area contributed by atoms with Crippen LogP contribution in [0.5, 0.6) is 0 Å². The van der Waals surface area contributed by atoms with E-state index in [9.17, 15) is 13.2 Å². The molecule has 1 aromatic heterocycles. The van der Waals surface area contributed by atoms with E-state index in [1.807, 2.05) is 0 Å². The fourth-order valence-corrected chi connectivity index (χ4v) is 3.08. The molecule has 0 aliphatic heterocycles. The maximum Gasteiger partial charge on any atom is 0.279 e. The van der Waals surface area contributed by atoms with Crippen molar-refractivity contribution in [3.8, 4) is 11.5 Å². The minimum atomic E-state index is -2.86. The van der Waals surface area contributed by atoms with E-state index < -0.39 is 30.3 Å². The van der Waals surface area contributed by atoms with Crippen LogP contribution >= 0.6 is 11.6 Å². The van der Waals surface area contributed by atoms with Crippen LogP contribution in [-0.4, -0.2) is 23.5 Å². The Morgan fingerprint density at radius 3 is 2.71 bits per heavy atom. The van der Waals surface area contributed by atoms with Gasteiger partial charge in [0, 0.05) is 16.7 Å². The van der Waals surface area contributed by atoms with E-state index in [1.54, 1.807) is 25.1 Å². The summed E-state index contributed by atoms with van der Waals surface area (Å²) in [6, 6.07) is 8.41. The van der Waals surface area contributed by atoms with Crippen molar-refractivity contribution in [1.82, 2.24) is 4.98 Å². The lowest BCUT2D eigenvalue weighted by molar-refractivity contribution is -0.00484. The van der Waals surface area contributed by atoms with Gasteiger partial charge in [0.1, 0.15) is 11.3 Å². The maximum atomic E-state index is 14.3. The predicted molar refractivity (Wildman–Crippen MR) is 100 cm³/mol. The molecule has 0 aliphatic rings. The molecule has 3 rings (SSSR count). The summed E-state index contributed by atoms with van der Waals surface area (Å²) in [5.74, 6) is -0.917.